The summed E-state index contributed by atoms with van der Waals surface area (Å²) in [7, 11) is 0. The first-order valence-corrected chi connectivity index (χ1v) is 6.51. The van der Waals surface area contributed by atoms with Gasteiger partial charge in [0.15, 0.2) is 0 Å². The number of thiazole rings is 1. The van der Waals surface area contributed by atoms with Crippen LogP contribution < -0.4 is 10.6 Å². The molecule has 2 atom stereocenters. The fourth-order valence-electron chi connectivity index (χ4n) is 1.99. The van der Waals surface area contributed by atoms with Gasteiger partial charge < -0.3 is 10.6 Å². The maximum absolute atomic E-state index is 12.0. The third-order valence-corrected chi connectivity index (χ3v) is 3.96. The molecule has 0 bridgehead atoms. The average Bonchev–Trinajstić information content (AvgIpc) is 2.68. The molecular weight excluding hydrogens is 293 g/mol. The summed E-state index contributed by atoms with van der Waals surface area (Å²) in [6, 6.07) is 0.591. The monoisotopic (exact) mass is 311 g/mol. The van der Waals surface area contributed by atoms with E-state index in [1.165, 1.54) is 11.3 Å². The summed E-state index contributed by atoms with van der Waals surface area (Å²) < 4.78 is 0. The quantitative estimate of drug-likeness (QED) is 0.880. The highest BCUT2D eigenvalue weighted by molar-refractivity contribution is 7.11. The van der Waals surface area contributed by atoms with E-state index in [1.807, 2.05) is 6.92 Å². The van der Waals surface area contributed by atoms with Crippen LogP contribution in [0.15, 0.2) is 5.51 Å². The molecule has 0 aromatic carbocycles. The first kappa shape index (κ1) is 17.6. The molecule has 1 fully saturated rings. The Bertz CT molecular complexity index is 386. The summed E-state index contributed by atoms with van der Waals surface area (Å²) in [4.78, 5) is 16.8. The van der Waals surface area contributed by atoms with Gasteiger partial charge in [-0.15, -0.1) is 36.2 Å². The lowest BCUT2D eigenvalue weighted by molar-refractivity contribution is 0.0923. The van der Waals surface area contributed by atoms with E-state index in [2.05, 4.69) is 22.5 Å². The van der Waals surface area contributed by atoms with Gasteiger partial charge in [-0.25, -0.2) is 4.98 Å². The average molecular weight is 312 g/mol. The molecule has 1 aliphatic rings. The van der Waals surface area contributed by atoms with Crippen molar-refractivity contribution in [1.29, 1.82) is 0 Å². The Balaban J connectivity index is 0.00000144. The zero-order chi connectivity index (χ0) is 11.5. The van der Waals surface area contributed by atoms with Gasteiger partial charge in [0, 0.05) is 12.1 Å². The Hall–Kier alpha value is -0.360. The van der Waals surface area contributed by atoms with Gasteiger partial charge in [-0.1, -0.05) is 0 Å². The number of nitrogens with one attached hydrogen (secondary N) is 2. The van der Waals surface area contributed by atoms with E-state index in [0.29, 0.717) is 6.04 Å². The maximum Gasteiger partial charge on any atom is 0.263 e. The van der Waals surface area contributed by atoms with E-state index < -0.39 is 0 Å². The van der Waals surface area contributed by atoms with Crippen molar-refractivity contribution < 1.29 is 4.79 Å². The van der Waals surface area contributed by atoms with Crippen LogP contribution in [0.3, 0.4) is 0 Å². The molecule has 104 valence electrons. The Morgan fingerprint density at radius 1 is 1.56 bits per heavy atom. The SMILES string of the molecule is Cc1ncsc1C(=O)NC1CCCNC1C.Cl.Cl. The fraction of sp³-hybridized carbons (Fsp3) is 0.636. The molecule has 1 saturated heterocycles. The highest BCUT2D eigenvalue weighted by Crippen LogP contribution is 2.14. The standard InChI is InChI=1S/C11H17N3OS.2ClH/c1-7-9(4-3-5-12-7)14-11(15)10-8(2)13-6-16-10;;/h6-7,9,12H,3-5H2,1-2H3,(H,14,15);2*1H. The van der Waals surface area contributed by atoms with Gasteiger partial charge in [-0.05, 0) is 33.2 Å². The number of carbonyl (C=O) groups excluding carboxylic acids is 1. The smallest absolute Gasteiger partial charge is 0.263 e. The van der Waals surface area contributed by atoms with E-state index in [9.17, 15) is 4.79 Å². The topological polar surface area (TPSA) is 54.0 Å². The highest BCUT2D eigenvalue weighted by atomic mass is 35.5. The van der Waals surface area contributed by atoms with Gasteiger partial charge in [-0.2, -0.15) is 0 Å². The predicted octanol–water partition coefficient (Wildman–Crippen LogP) is 2.17. The highest BCUT2D eigenvalue weighted by Gasteiger charge is 2.23. The molecule has 0 radical (unpaired) electrons. The molecule has 1 amide bonds. The molecule has 7 heteroatoms. The van der Waals surface area contributed by atoms with Crippen molar-refractivity contribution >= 4 is 42.1 Å². The summed E-state index contributed by atoms with van der Waals surface area (Å²) in [5.74, 6) is 0.0144. The van der Waals surface area contributed by atoms with Gasteiger partial charge in [0.25, 0.3) is 5.91 Å². The van der Waals surface area contributed by atoms with Crippen LogP contribution in [0, 0.1) is 6.92 Å². The minimum Gasteiger partial charge on any atom is -0.347 e. The van der Waals surface area contributed by atoms with Crippen molar-refractivity contribution in [1.82, 2.24) is 15.6 Å². The molecule has 0 saturated carbocycles. The third kappa shape index (κ3) is 4.09. The van der Waals surface area contributed by atoms with Crippen molar-refractivity contribution in [2.45, 2.75) is 38.8 Å². The van der Waals surface area contributed by atoms with Gasteiger partial charge in [0.2, 0.25) is 0 Å². The summed E-state index contributed by atoms with van der Waals surface area (Å²) in [6.07, 6.45) is 2.18. The molecule has 0 spiro atoms. The second-order valence-corrected chi connectivity index (χ2v) is 5.09. The molecule has 2 heterocycles. The molecule has 2 rings (SSSR count). The van der Waals surface area contributed by atoms with E-state index in [-0.39, 0.29) is 36.8 Å². The zero-order valence-electron chi connectivity index (χ0n) is 10.4. The van der Waals surface area contributed by atoms with Crippen molar-refractivity contribution in [3.63, 3.8) is 0 Å². The lowest BCUT2D eigenvalue weighted by atomic mass is 10.00. The number of carbonyl (C=O) groups is 1. The number of nitrogens with zero attached hydrogens (tertiary/aromatic N) is 1. The lowest BCUT2D eigenvalue weighted by Gasteiger charge is -2.30. The largest absolute Gasteiger partial charge is 0.347 e. The van der Waals surface area contributed by atoms with Crippen LogP contribution in [-0.4, -0.2) is 29.5 Å². The molecule has 2 N–H and O–H groups in total. The zero-order valence-corrected chi connectivity index (χ0v) is 12.9. The van der Waals surface area contributed by atoms with E-state index in [0.717, 1.165) is 30.0 Å². The van der Waals surface area contributed by atoms with Crippen LogP contribution >= 0.6 is 36.2 Å². The molecular formula is C11H19Cl2N3OS. The fourth-order valence-corrected chi connectivity index (χ4v) is 2.70. The van der Waals surface area contributed by atoms with Crippen molar-refractivity contribution in [3.8, 4) is 0 Å². The van der Waals surface area contributed by atoms with Gasteiger partial charge in [-0.3, -0.25) is 4.79 Å². The Morgan fingerprint density at radius 3 is 2.83 bits per heavy atom. The number of piperidine rings is 1. The van der Waals surface area contributed by atoms with Gasteiger partial charge in [0.1, 0.15) is 4.88 Å². The van der Waals surface area contributed by atoms with Crippen LogP contribution in [-0.2, 0) is 0 Å². The molecule has 1 aromatic heterocycles. The Labute approximate surface area is 124 Å². The summed E-state index contributed by atoms with van der Waals surface area (Å²) in [6.45, 7) is 5.03. The van der Waals surface area contributed by atoms with E-state index in [1.54, 1.807) is 5.51 Å². The van der Waals surface area contributed by atoms with Gasteiger partial charge in [0.05, 0.1) is 11.2 Å². The first-order chi connectivity index (χ1) is 7.68. The number of hydrogen-bond donors (Lipinski definition) is 2. The van der Waals surface area contributed by atoms with Crippen molar-refractivity contribution in [2.24, 2.45) is 0 Å². The number of aryl methyl sites for hydroxylation is 1. The Morgan fingerprint density at radius 2 is 2.28 bits per heavy atom. The summed E-state index contributed by atoms with van der Waals surface area (Å²) >= 11 is 1.40. The second-order valence-electron chi connectivity index (χ2n) is 4.23. The first-order valence-electron chi connectivity index (χ1n) is 5.63. The van der Waals surface area contributed by atoms with Crippen LogP contribution in [0.5, 0.6) is 0 Å². The Kier molecular flexibility index (Phi) is 7.78. The number of halogens is 2. The number of aromatic nitrogens is 1. The van der Waals surface area contributed by atoms with E-state index in [4.69, 9.17) is 0 Å². The molecule has 18 heavy (non-hydrogen) atoms. The second kappa shape index (κ2) is 7.94. The molecule has 1 aliphatic heterocycles. The number of amides is 1. The molecule has 4 nitrogen and oxygen atoms in total. The van der Waals surface area contributed by atoms with Gasteiger partial charge >= 0.3 is 0 Å². The summed E-state index contributed by atoms with van der Waals surface area (Å²) in [5.41, 5.74) is 2.53. The van der Waals surface area contributed by atoms with Crippen LogP contribution in [0.4, 0.5) is 0 Å². The molecule has 2 unspecified atom stereocenters. The van der Waals surface area contributed by atoms with Crippen LogP contribution in [0.1, 0.15) is 35.1 Å². The third-order valence-electron chi connectivity index (χ3n) is 3.03. The van der Waals surface area contributed by atoms with Crippen LogP contribution in [0.25, 0.3) is 0 Å². The molecule has 0 aliphatic carbocycles. The maximum atomic E-state index is 12.0. The number of rotatable bonds is 2. The lowest BCUT2D eigenvalue weighted by Crippen LogP contribution is -2.51. The summed E-state index contributed by atoms with van der Waals surface area (Å²) in [5, 5.41) is 6.45. The number of hydrogen-bond acceptors (Lipinski definition) is 4. The van der Waals surface area contributed by atoms with Crippen molar-refractivity contribution in [3.05, 3.63) is 16.1 Å². The minimum atomic E-state index is 0. The molecule has 1 aromatic rings. The minimum absolute atomic E-state index is 0. The van der Waals surface area contributed by atoms with Crippen molar-refractivity contribution in [2.75, 3.05) is 6.54 Å². The van der Waals surface area contributed by atoms with Crippen LogP contribution in [0.2, 0.25) is 0 Å². The normalized spacial score (nSPS) is 22.6. The van der Waals surface area contributed by atoms with E-state index >= 15 is 0 Å². The predicted molar refractivity (Wildman–Crippen MR) is 79.3 cm³/mol.